The molecule has 0 aliphatic carbocycles. The van der Waals surface area contributed by atoms with Crippen LogP contribution < -0.4 is 16.0 Å². The third kappa shape index (κ3) is 5.72. The lowest BCUT2D eigenvalue weighted by molar-refractivity contribution is -0.122. The van der Waals surface area contributed by atoms with E-state index in [0.29, 0.717) is 11.4 Å². The van der Waals surface area contributed by atoms with Gasteiger partial charge in [0.1, 0.15) is 6.04 Å². The molecule has 0 spiro atoms. The Morgan fingerprint density at radius 3 is 2.82 bits per heavy atom. The summed E-state index contributed by atoms with van der Waals surface area (Å²) < 4.78 is 0.891. The van der Waals surface area contributed by atoms with E-state index in [0.717, 1.165) is 23.3 Å². The first-order chi connectivity index (χ1) is 10.1. The van der Waals surface area contributed by atoms with Crippen LogP contribution in [0.5, 0.6) is 0 Å². The van der Waals surface area contributed by atoms with Gasteiger partial charge in [0, 0.05) is 13.1 Å². The van der Waals surface area contributed by atoms with E-state index in [9.17, 15) is 9.59 Å². The highest BCUT2D eigenvalue weighted by Crippen LogP contribution is 2.21. The van der Waals surface area contributed by atoms with Crippen molar-refractivity contribution in [2.45, 2.75) is 19.4 Å². The fraction of sp³-hybridized carbons (Fsp3) is 0.429. The maximum Gasteiger partial charge on any atom is 0.262 e. The number of hydrogen-bond donors (Lipinski definition) is 3. The van der Waals surface area contributed by atoms with Crippen LogP contribution in [0.15, 0.2) is 27.6 Å². The molecule has 1 aromatic rings. The molecule has 0 saturated carbocycles. The normalized spacial score (nSPS) is 15.3. The number of carbonyl (C=O) groups excluding carboxylic acids is 2. The van der Waals surface area contributed by atoms with Crippen molar-refractivity contribution in [3.8, 4) is 0 Å². The summed E-state index contributed by atoms with van der Waals surface area (Å²) in [5.41, 5.74) is 1.22. The molecule has 122 valence electrons. The van der Waals surface area contributed by atoms with Crippen LogP contribution in [0.25, 0.3) is 0 Å². The van der Waals surface area contributed by atoms with Crippen molar-refractivity contribution in [3.63, 3.8) is 0 Å². The fourth-order valence-corrected chi connectivity index (χ4v) is 3.24. The van der Waals surface area contributed by atoms with Crippen LogP contribution in [0.2, 0.25) is 0 Å². The Labute approximate surface area is 148 Å². The van der Waals surface area contributed by atoms with Crippen LogP contribution in [-0.4, -0.2) is 37.5 Å². The summed E-state index contributed by atoms with van der Waals surface area (Å²) in [7, 11) is 0. The van der Waals surface area contributed by atoms with Gasteiger partial charge in [0.05, 0.1) is 8.66 Å². The average molecular weight is 409 g/mol. The molecule has 1 aromatic heterocycles. The Hall–Kier alpha value is -0.890. The van der Waals surface area contributed by atoms with E-state index >= 15 is 0 Å². The van der Waals surface area contributed by atoms with Crippen LogP contribution in [0.4, 0.5) is 0 Å². The maximum absolute atomic E-state index is 12.0. The predicted octanol–water partition coefficient (Wildman–Crippen LogP) is 2.09. The lowest BCUT2D eigenvalue weighted by Gasteiger charge is -2.17. The zero-order valence-electron chi connectivity index (χ0n) is 12.1. The molecule has 0 fully saturated rings. The van der Waals surface area contributed by atoms with E-state index in [1.165, 1.54) is 16.9 Å². The van der Waals surface area contributed by atoms with Gasteiger partial charge in [-0.15, -0.1) is 23.7 Å². The van der Waals surface area contributed by atoms with E-state index < -0.39 is 6.04 Å². The molecule has 1 unspecified atom stereocenters. The fourth-order valence-electron chi connectivity index (χ4n) is 1.95. The van der Waals surface area contributed by atoms with Gasteiger partial charge in [-0.2, -0.15) is 0 Å². The summed E-state index contributed by atoms with van der Waals surface area (Å²) in [6.07, 6.45) is 3.04. The van der Waals surface area contributed by atoms with Gasteiger partial charge in [-0.25, -0.2) is 0 Å². The first kappa shape index (κ1) is 19.2. The first-order valence-electron chi connectivity index (χ1n) is 6.79. The largest absolute Gasteiger partial charge is 0.351 e. The molecule has 0 saturated heterocycles. The average Bonchev–Trinajstić information content (AvgIpc) is 2.92. The van der Waals surface area contributed by atoms with Gasteiger partial charge in [-0.3, -0.25) is 9.59 Å². The summed E-state index contributed by atoms with van der Waals surface area (Å²) in [5.74, 6) is -0.396. The number of amides is 2. The number of thiophene rings is 1. The molecule has 1 aliphatic rings. The van der Waals surface area contributed by atoms with E-state index in [2.05, 4.69) is 38.0 Å². The number of hydrogen-bond acceptors (Lipinski definition) is 4. The number of rotatable bonds is 5. The monoisotopic (exact) mass is 407 g/mol. The van der Waals surface area contributed by atoms with Crippen molar-refractivity contribution in [1.29, 1.82) is 0 Å². The maximum atomic E-state index is 12.0. The summed E-state index contributed by atoms with van der Waals surface area (Å²) in [5, 5.41) is 8.78. The second-order valence-corrected chi connectivity index (χ2v) is 7.30. The van der Waals surface area contributed by atoms with Gasteiger partial charge in [-0.05, 0) is 48.0 Å². The highest BCUT2D eigenvalue weighted by atomic mass is 79.9. The minimum Gasteiger partial charge on any atom is -0.351 e. The minimum absolute atomic E-state index is 0. The van der Waals surface area contributed by atoms with E-state index in [4.69, 9.17) is 0 Å². The molecule has 0 bridgehead atoms. The minimum atomic E-state index is -0.555. The standard InChI is InChI=1S/C14H18BrN3O2S.ClH/c1-9(18-14(20)11-2-3-12(15)21-11)13(19)17-8-10-4-6-16-7-5-10;/h2-4,9,16H,5-8H2,1H3,(H,17,19)(H,18,20);1H. The third-order valence-electron chi connectivity index (χ3n) is 3.19. The van der Waals surface area contributed by atoms with Crippen molar-refractivity contribution >= 4 is 51.5 Å². The van der Waals surface area contributed by atoms with Crippen LogP contribution >= 0.6 is 39.7 Å². The smallest absolute Gasteiger partial charge is 0.262 e. The van der Waals surface area contributed by atoms with Gasteiger partial charge in [0.2, 0.25) is 5.91 Å². The van der Waals surface area contributed by atoms with Gasteiger partial charge in [-0.1, -0.05) is 11.6 Å². The van der Waals surface area contributed by atoms with Gasteiger partial charge < -0.3 is 16.0 Å². The lowest BCUT2D eigenvalue weighted by Crippen LogP contribution is -2.45. The third-order valence-corrected chi connectivity index (χ3v) is 4.81. The number of nitrogens with one attached hydrogen (secondary N) is 3. The van der Waals surface area contributed by atoms with Crippen molar-refractivity contribution in [2.75, 3.05) is 19.6 Å². The predicted molar refractivity (Wildman–Crippen MR) is 94.8 cm³/mol. The van der Waals surface area contributed by atoms with Crippen molar-refractivity contribution in [2.24, 2.45) is 0 Å². The molecular weight excluding hydrogens is 390 g/mol. The molecule has 1 aliphatic heterocycles. The van der Waals surface area contributed by atoms with Crippen LogP contribution in [0.3, 0.4) is 0 Å². The number of halogens is 2. The second-order valence-electron chi connectivity index (χ2n) is 4.83. The highest BCUT2D eigenvalue weighted by molar-refractivity contribution is 9.11. The Bertz CT molecular complexity index is 562. The van der Waals surface area contributed by atoms with E-state index in [1.807, 2.05) is 6.07 Å². The van der Waals surface area contributed by atoms with Crippen molar-refractivity contribution in [3.05, 3.63) is 32.4 Å². The topological polar surface area (TPSA) is 70.2 Å². The summed E-state index contributed by atoms with van der Waals surface area (Å²) in [4.78, 5) is 24.5. The second kappa shape index (κ2) is 9.29. The Morgan fingerprint density at radius 2 is 2.23 bits per heavy atom. The molecule has 0 radical (unpaired) electrons. The quantitative estimate of drug-likeness (QED) is 0.653. The van der Waals surface area contributed by atoms with Crippen LogP contribution in [-0.2, 0) is 4.79 Å². The zero-order valence-corrected chi connectivity index (χ0v) is 15.4. The molecule has 1 atom stereocenters. The lowest BCUT2D eigenvalue weighted by atomic mass is 10.1. The molecular formula is C14H19BrClN3O2S. The van der Waals surface area contributed by atoms with E-state index in [-0.39, 0.29) is 24.2 Å². The first-order valence-corrected chi connectivity index (χ1v) is 8.40. The van der Waals surface area contributed by atoms with Crippen LogP contribution in [0, 0.1) is 0 Å². The Morgan fingerprint density at radius 1 is 1.45 bits per heavy atom. The van der Waals surface area contributed by atoms with Crippen LogP contribution in [0.1, 0.15) is 23.0 Å². The van der Waals surface area contributed by atoms with Gasteiger partial charge >= 0.3 is 0 Å². The zero-order chi connectivity index (χ0) is 15.2. The van der Waals surface area contributed by atoms with Crippen molar-refractivity contribution in [1.82, 2.24) is 16.0 Å². The highest BCUT2D eigenvalue weighted by Gasteiger charge is 2.17. The number of carbonyl (C=O) groups is 2. The summed E-state index contributed by atoms with van der Waals surface area (Å²) in [6.45, 7) is 4.03. The molecule has 22 heavy (non-hydrogen) atoms. The molecule has 2 amide bonds. The molecule has 2 heterocycles. The molecule has 5 nitrogen and oxygen atoms in total. The molecule has 2 rings (SSSR count). The molecule has 8 heteroatoms. The summed E-state index contributed by atoms with van der Waals surface area (Å²) >= 11 is 4.65. The molecule has 3 N–H and O–H groups in total. The Balaban J connectivity index is 0.00000242. The van der Waals surface area contributed by atoms with Crippen molar-refractivity contribution < 1.29 is 9.59 Å². The Kier molecular flexibility index (Phi) is 8.09. The SMILES string of the molecule is CC(NC(=O)c1ccc(Br)s1)C(=O)NCC1=CCNCC1.Cl. The van der Waals surface area contributed by atoms with E-state index in [1.54, 1.807) is 13.0 Å². The molecule has 0 aromatic carbocycles. The van der Waals surface area contributed by atoms with Gasteiger partial charge in [0.15, 0.2) is 0 Å². The van der Waals surface area contributed by atoms with Gasteiger partial charge in [0.25, 0.3) is 5.91 Å². The summed E-state index contributed by atoms with van der Waals surface area (Å²) in [6, 6.07) is 2.99.